The third-order valence-corrected chi connectivity index (χ3v) is 7.06. The highest BCUT2D eigenvalue weighted by Gasteiger charge is 2.13. The second-order valence-electron chi connectivity index (χ2n) is 6.93. The highest BCUT2D eigenvalue weighted by molar-refractivity contribution is 7.92. The van der Waals surface area contributed by atoms with E-state index in [0.29, 0.717) is 23.4 Å². The Balaban J connectivity index is 1.68. The Morgan fingerprint density at radius 3 is 2.48 bits per heavy atom. The minimum absolute atomic E-state index is 0.0342. The molecule has 3 rings (SSSR count). The summed E-state index contributed by atoms with van der Waals surface area (Å²) in [5.74, 6) is -0.574. The van der Waals surface area contributed by atoms with Gasteiger partial charge in [0.2, 0.25) is 15.9 Å². The second kappa shape index (κ2) is 9.89. The molecule has 5 nitrogen and oxygen atoms in total. The van der Waals surface area contributed by atoms with E-state index in [1.807, 2.05) is 12.1 Å². The van der Waals surface area contributed by atoms with Gasteiger partial charge in [-0.05, 0) is 66.9 Å². The number of anilines is 2. The van der Waals surface area contributed by atoms with Gasteiger partial charge in [-0.25, -0.2) is 12.8 Å². The van der Waals surface area contributed by atoms with E-state index in [1.165, 1.54) is 29.5 Å². The Kier molecular flexibility index (Phi) is 7.25. The topological polar surface area (TPSA) is 75.3 Å². The van der Waals surface area contributed by atoms with Crippen molar-refractivity contribution in [1.29, 1.82) is 0 Å². The fourth-order valence-electron chi connectivity index (χ4n) is 2.91. The first-order valence-electron chi connectivity index (χ1n) is 9.72. The molecule has 1 aromatic heterocycles. The van der Waals surface area contributed by atoms with Crippen molar-refractivity contribution in [3.63, 3.8) is 0 Å². The number of sulfonamides is 1. The van der Waals surface area contributed by atoms with Crippen molar-refractivity contribution in [3.05, 3.63) is 76.9 Å². The van der Waals surface area contributed by atoms with Crippen LogP contribution in [0.2, 0.25) is 0 Å². The number of carbonyl (C=O) groups excluding carboxylic acids is 1. The van der Waals surface area contributed by atoms with E-state index in [2.05, 4.69) is 10.0 Å². The van der Waals surface area contributed by atoms with Gasteiger partial charge in [-0.1, -0.05) is 25.1 Å². The lowest BCUT2D eigenvalue weighted by molar-refractivity contribution is -0.111. The van der Waals surface area contributed by atoms with Crippen LogP contribution in [0.1, 0.15) is 23.8 Å². The minimum atomic E-state index is -3.42. The predicted molar refractivity (Wildman–Crippen MR) is 126 cm³/mol. The van der Waals surface area contributed by atoms with Gasteiger partial charge in [-0.3, -0.25) is 9.52 Å². The molecule has 162 valence electrons. The fourth-order valence-corrected chi connectivity index (χ4v) is 5.02. The zero-order chi connectivity index (χ0) is 22.4. The van der Waals surface area contributed by atoms with Crippen LogP contribution in [0.4, 0.5) is 15.8 Å². The quantitative estimate of drug-likeness (QED) is 0.427. The SMILES string of the molecule is CCCS(=O)(=O)Nc1cccc(NC(=O)C=Cc2ccc(-c3ccc(F)cc3)s2)c1C. The molecule has 0 saturated carbocycles. The molecule has 0 fully saturated rings. The monoisotopic (exact) mass is 458 g/mol. The van der Waals surface area contributed by atoms with Gasteiger partial charge in [0.05, 0.1) is 11.4 Å². The van der Waals surface area contributed by atoms with Gasteiger partial charge >= 0.3 is 0 Å². The maximum absolute atomic E-state index is 13.1. The maximum Gasteiger partial charge on any atom is 0.248 e. The van der Waals surface area contributed by atoms with E-state index in [4.69, 9.17) is 0 Å². The first-order valence-corrected chi connectivity index (χ1v) is 12.2. The molecule has 31 heavy (non-hydrogen) atoms. The number of nitrogens with one attached hydrogen (secondary N) is 2. The molecular weight excluding hydrogens is 435 g/mol. The van der Waals surface area contributed by atoms with Gasteiger partial charge in [0, 0.05) is 21.5 Å². The maximum atomic E-state index is 13.1. The summed E-state index contributed by atoms with van der Waals surface area (Å²) in [6.07, 6.45) is 3.64. The third kappa shape index (κ3) is 6.26. The molecule has 0 unspecified atom stereocenters. The van der Waals surface area contributed by atoms with Crippen LogP contribution in [-0.4, -0.2) is 20.1 Å². The molecule has 1 heterocycles. The zero-order valence-electron chi connectivity index (χ0n) is 17.2. The summed E-state index contributed by atoms with van der Waals surface area (Å²) in [5.41, 5.74) is 2.52. The molecule has 2 N–H and O–H groups in total. The Morgan fingerprint density at radius 2 is 1.77 bits per heavy atom. The van der Waals surface area contributed by atoms with Crippen molar-refractivity contribution in [1.82, 2.24) is 0 Å². The van der Waals surface area contributed by atoms with Gasteiger partial charge < -0.3 is 5.32 Å². The largest absolute Gasteiger partial charge is 0.322 e. The van der Waals surface area contributed by atoms with E-state index in [9.17, 15) is 17.6 Å². The highest BCUT2D eigenvalue weighted by atomic mass is 32.2. The summed E-state index contributed by atoms with van der Waals surface area (Å²) in [7, 11) is -3.42. The van der Waals surface area contributed by atoms with Gasteiger partial charge in [-0.15, -0.1) is 11.3 Å². The first kappa shape index (κ1) is 22.7. The number of rotatable bonds is 8. The summed E-state index contributed by atoms with van der Waals surface area (Å²) in [6.45, 7) is 3.54. The van der Waals surface area contributed by atoms with E-state index in [-0.39, 0.29) is 17.5 Å². The van der Waals surface area contributed by atoms with Crippen LogP contribution in [0, 0.1) is 12.7 Å². The van der Waals surface area contributed by atoms with Crippen LogP contribution < -0.4 is 10.0 Å². The standard InChI is InChI=1S/C23H23FN2O3S2/c1-3-15-31(28,29)26-21-6-4-5-20(16(21)2)25-23(27)14-12-19-11-13-22(30-19)17-7-9-18(24)10-8-17/h4-14,26H,3,15H2,1-2H3,(H,25,27). The summed E-state index contributed by atoms with van der Waals surface area (Å²) in [6, 6.07) is 15.1. The Hall–Kier alpha value is -2.97. The van der Waals surface area contributed by atoms with Crippen molar-refractivity contribution < 1.29 is 17.6 Å². The number of thiophene rings is 1. The smallest absolute Gasteiger partial charge is 0.248 e. The van der Waals surface area contributed by atoms with Crippen LogP contribution in [0.25, 0.3) is 16.5 Å². The number of hydrogen-bond donors (Lipinski definition) is 2. The molecular formula is C23H23FN2O3S2. The molecule has 0 atom stereocenters. The van der Waals surface area contributed by atoms with Crippen molar-refractivity contribution in [3.8, 4) is 10.4 Å². The summed E-state index contributed by atoms with van der Waals surface area (Å²) in [5, 5.41) is 2.79. The van der Waals surface area contributed by atoms with Crippen molar-refractivity contribution >= 4 is 44.7 Å². The van der Waals surface area contributed by atoms with E-state index < -0.39 is 10.0 Å². The van der Waals surface area contributed by atoms with Crippen molar-refractivity contribution in [2.75, 3.05) is 15.8 Å². The zero-order valence-corrected chi connectivity index (χ0v) is 18.8. The molecule has 0 radical (unpaired) electrons. The van der Waals surface area contributed by atoms with Gasteiger partial charge in [-0.2, -0.15) is 0 Å². The molecule has 0 saturated heterocycles. The summed E-state index contributed by atoms with van der Waals surface area (Å²) < 4.78 is 39.7. The van der Waals surface area contributed by atoms with Crippen LogP contribution in [-0.2, 0) is 14.8 Å². The summed E-state index contributed by atoms with van der Waals surface area (Å²) in [4.78, 5) is 14.2. The molecule has 0 aliphatic carbocycles. The van der Waals surface area contributed by atoms with E-state index in [0.717, 1.165) is 15.3 Å². The van der Waals surface area contributed by atoms with E-state index in [1.54, 1.807) is 50.3 Å². The number of carbonyl (C=O) groups is 1. The molecule has 8 heteroatoms. The van der Waals surface area contributed by atoms with Crippen LogP contribution in [0.5, 0.6) is 0 Å². The fraction of sp³-hybridized carbons (Fsp3) is 0.174. The lowest BCUT2D eigenvalue weighted by Crippen LogP contribution is -2.17. The average molecular weight is 459 g/mol. The molecule has 0 bridgehead atoms. The minimum Gasteiger partial charge on any atom is -0.322 e. The van der Waals surface area contributed by atoms with Gasteiger partial charge in [0.15, 0.2) is 0 Å². The van der Waals surface area contributed by atoms with Crippen LogP contribution in [0.3, 0.4) is 0 Å². The first-order chi connectivity index (χ1) is 14.8. The lowest BCUT2D eigenvalue weighted by atomic mass is 10.1. The van der Waals surface area contributed by atoms with Crippen molar-refractivity contribution in [2.45, 2.75) is 20.3 Å². The number of hydrogen-bond acceptors (Lipinski definition) is 4. The third-order valence-electron chi connectivity index (χ3n) is 4.48. The van der Waals surface area contributed by atoms with Gasteiger partial charge in [0.1, 0.15) is 5.82 Å². The van der Waals surface area contributed by atoms with Crippen LogP contribution in [0.15, 0.2) is 60.7 Å². The second-order valence-corrected chi connectivity index (χ2v) is 9.89. The molecule has 0 spiro atoms. The van der Waals surface area contributed by atoms with Crippen LogP contribution >= 0.6 is 11.3 Å². The molecule has 1 amide bonds. The van der Waals surface area contributed by atoms with E-state index >= 15 is 0 Å². The Labute approximate surface area is 185 Å². The number of halogens is 1. The molecule has 3 aromatic rings. The predicted octanol–water partition coefficient (Wildman–Crippen LogP) is 5.67. The molecule has 2 aromatic carbocycles. The number of amides is 1. The average Bonchev–Trinajstić information content (AvgIpc) is 3.19. The molecule has 0 aliphatic heterocycles. The normalized spacial score (nSPS) is 11.6. The highest BCUT2D eigenvalue weighted by Crippen LogP contribution is 2.29. The van der Waals surface area contributed by atoms with Gasteiger partial charge in [0.25, 0.3) is 0 Å². The van der Waals surface area contributed by atoms with Crippen molar-refractivity contribution in [2.24, 2.45) is 0 Å². The summed E-state index contributed by atoms with van der Waals surface area (Å²) >= 11 is 1.49. The Bertz CT molecular complexity index is 1200. The lowest BCUT2D eigenvalue weighted by Gasteiger charge is -2.13. The number of benzene rings is 2. The molecule has 0 aliphatic rings. The Morgan fingerprint density at radius 1 is 1.06 bits per heavy atom.